The number of nitriles is 1. The predicted octanol–water partition coefficient (Wildman–Crippen LogP) is 4.62. The maximum Gasteiger partial charge on any atom is 0.261 e. The van der Waals surface area contributed by atoms with Crippen LogP contribution in [0.5, 0.6) is 5.75 Å². The Morgan fingerprint density at radius 1 is 1.19 bits per heavy atom. The molecule has 0 unspecified atom stereocenters. The Hall–Kier alpha value is -3.85. The second-order valence-electron chi connectivity index (χ2n) is 7.52. The average molecular weight is 415 g/mol. The average Bonchev–Trinajstić information content (AvgIpc) is 3.21. The molecule has 0 radical (unpaired) electrons. The second-order valence-corrected chi connectivity index (χ2v) is 7.52. The number of carbonyl (C=O) groups excluding carboxylic acids is 1. The summed E-state index contributed by atoms with van der Waals surface area (Å²) >= 11 is 0. The third-order valence-electron chi connectivity index (χ3n) is 4.75. The van der Waals surface area contributed by atoms with Gasteiger partial charge in [0, 0.05) is 24.4 Å². The third-order valence-corrected chi connectivity index (χ3v) is 4.75. The summed E-state index contributed by atoms with van der Waals surface area (Å²) in [6.07, 6.45) is 4.38. The molecule has 0 saturated heterocycles. The topological polar surface area (TPSA) is 79.9 Å². The molecule has 1 heterocycles. The molecule has 2 aromatic carbocycles. The molecule has 0 fully saturated rings. The van der Waals surface area contributed by atoms with Gasteiger partial charge in [-0.15, -0.1) is 0 Å². The molecule has 0 spiro atoms. The fourth-order valence-corrected chi connectivity index (χ4v) is 2.99. The molecule has 0 aliphatic rings. The van der Waals surface area contributed by atoms with Crippen LogP contribution >= 0.6 is 0 Å². The van der Waals surface area contributed by atoms with Crippen molar-refractivity contribution in [3.05, 3.63) is 71.9 Å². The van der Waals surface area contributed by atoms with Crippen LogP contribution in [0, 0.1) is 17.2 Å². The Bertz CT molecular complexity index is 1090. The lowest BCUT2D eigenvalue weighted by atomic mass is 10.1. The minimum Gasteiger partial charge on any atom is -0.494 e. The van der Waals surface area contributed by atoms with Gasteiger partial charge in [0.05, 0.1) is 18.0 Å². The Balaban J connectivity index is 1.98. The smallest absolute Gasteiger partial charge is 0.261 e. The molecule has 1 N–H and O–H groups in total. The molecule has 1 aromatic heterocycles. The number of aromatic nitrogens is 2. The number of ether oxygens (including phenoxy) is 1. The summed E-state index contributed by atoms with van der Waals surface area (Å²) in [6, 6.07) is 19.3. The number of likely N-dealkylation sites (N-methyl/N-ethyl adjacent to an activating group) is 1. The highest BCUT2D eigenvalue weighted by Crippen LogP contribution is 2.27. The van der Waals surface area contributed by atoms with E-state index < -0.39 is 5.91 Å². The van der Waals surface area contributed by atoms with Gasteiger partial charge in [0.15, 0.2) is 0 Å². The molecule has 6 nitrogen and oxygen atoms in total. The largest absolute Gasteiger partial charge is 0.494 e. The molecule has 0 atom stereocenters. The van der Waals surface area contributed by atoms with Gasteiger partial charge in [-0.2, -0.15) is 10.4 Å². The minimum atomic E-state index is -0.435. The van der Waals surface area contributed by atoms with Gasteiger partial charge in [-0.3, -0.25) is 4.79 Å². The molecule has 0 saturated carbocycles. The van der Waals surface area contributed by atoms with E-state index in [4.69, 9.17) is 9.84 Å². The van der Waals surface area contributed by atoms with Crippen LogP contribution in [0.15, 0.2) is 66.4 Å². The predicted molar refractivity (Wildman–Crippen MR) is 122 cm³/mol. The van der Waals surface area contributed by atoms with Gasteiger partial charge in [-0.05, 0) is 54.8 Å². The number of hydrogen-bond acceptors (Lipinski definition) is 4. The summed E-state index contributed by atoms with van der Waals surface area (Å²) < 4.78 is 7.55. The highest BCUT2D eigenvalue weighted by atomic mass is 16.5. The van der Waals surface area contributed by atoms with Crippen molar-refractivity contribution in [1.82, 2.24) is 15.1 Å². The Kier molecular flexibility index (Phi) is 7.23. The number of rotatable bonds is 8. The molecule has 0 aliphatic heterocycles. The first-order valence-electron chi connectivity index (χ1n) is 10.2. The van der Waals surface area contributed by atoms with E-state index in [1.807, 2.05) is 66.9 Å². The number of para-hydroxylation sites is 1. The van der Waals surface area contributed by atoms with Gasteiger partial charge in [-0.1, -0.05) is 32.0 Å². The van der Waals surface area contributed by atoms with Crippen molar-refractivity contribution >= 4 is 12.0 Å². The van der Waals surface area contributed by atoms with E-state index in [0.29, 0.717) is 23.8 Å². The lowest BCUT2D eigenvalue weighted by Crippen LogP contribution is -2.19. The summed E-state index contributed by atoms with van der Waals surface area (Å²) in [7, 11) is 1.50. The maximum atomic E-state index is 12.0. The van der Waals surface area contributed by atoms with Crippen LogP contribution in [0.4, 0.5) is 0 Å². The van der Waals surface area contributed by atoms with E-state index in [1.165, 1.54) is 7.05 Å². The molecule has 3 rings (SSSR count). The van der Waals surface area contributed by atoms with Crippen molar-refractivity contribution in [3.63, 3.8) is 0 Å². The molecule has 1 amide bonds. The monoisotopic (exact) mass is 414 g/mol. The molecular weight excluding hydrogens is 388 g/mol. The zero-order chi connectivity index (χ0) is 22.2. The molecule has 31 heavy (non-hydrogen) atoms. The van der Waals surface area contributed by atoms with Crippen molar-refractivity contribution in [2.45, 2.75) is 20.3 Å². The Labute approximate surface area is 182 Å². The van der Waals surface area contributed by atoms with Crippen molar-refractivity contribution in [3.8, 4) is 28.8 Å². The zero-order valence-electron chi connectivity index (χ0n) is 18.0. The van der Waals surface area contributed by atoms with Crippen LogP contribution in [0.3, 0.4) is 0 Å². The zero-order valence-corrected chi connectivity index (χ0v) is 18.0. The third kappa shape index (κ3) is 5.61. The first-order chi connectivity index (χ1) is 15.0. The highest BCUT2D eigenvalue weighted by molar-refractivity contribution is 6.02. The molecule has 158 valence electrons. The van der Waals surface area contributed by atoms with Crippen LogP contribution in [0.1, 0.15) is 25.8 Å². The van der Waals surface area contributed by atoms with Gasteiger partial charge >= 0.3 is 0 Å². The minimum absolute atomic E-state index is 0.0185. The second kappa shape index (κ2) is 10.3. The number of hydrogen-bond donors (Lipinski definition) is 1. The number of nitrogens with zero attached hydrogens (tertiary/aromatic N) is 3. The summed E-state index contributed by atoms with van der Waals surface area (Å²) in [6.45, 7) is 5.00. The van der Waals surface area contributed by atoms with Gasteiger partial charge in [0.2, 0.25) is 0 Å². The van der Waals surface area contributed by atoms with Gasteiger partial charge in [0.1, 0.15) is 17.4 Å². The Morgan fingerprint density at radius 2 is 1.90 bits per heavy atom. The summed E-state index contributed by atoms with van der Waals surface area (Å²) in [5.74, 6) is 0.951. The van der Waals surface area contributed by atoms with Crippen molar-refractivity contribution in [2.24, 2.45) is 5.92 Å². The van der Waals surface area contributed by atoms with E-state index in [9.17, 15) is 10.1 Å². The van der Waals surface area contributed by atoms with Crippen molar-refractivity contribution in [2.75, 3.05) is 13.7 Å². The van der Waals surface area contributed by atoms with E-state index >= 15 is 0 Å². The van der Waals surface area contributed by atoms with Gasteiger partial charge in [-0.25, -0.2) is 4.68 Å². The van der Waals surface area contributed by atoms with E-state index in [0.717, 1.165) is 23.4 Å². The molecule has 0 aliphatic carbocycles. The van der Waals surface area contributed by atoms with Crippen LogP contribution < -0.4 is 10.1 Å². The SMILES string of the molecule is CNC(=O)C(C#N)=Cc1cn(-c2ccccc2)nc1-c1ccc(OCCC(C)C)cc1. The number of nitrogens with one attached hydrogen (secondary N) is 1. The summed E-state index contributed by atoms with van der Waals surface area (Å²) in [5, 5.41) is 16.6. The van der Waals surface area contributed by atoms with Crippen LogP contribution in [0.25, 0.3) is 23.0 Å². The summed E-state index contributed by atoms with van der Waals surface area (Å²) in [4.78, 5) is 12.0. The molecular formula is C25H26N4O2. The Morgan fingerprint density at radius 3 is 2.52 bits per heavy atom. The lowest BCUT2D eigenvalue weighted by molar-refractivity contribution is -0.116. The van der Waals surface area contributed by atoms with E-state index in [1.54, 1.807) is 10.8 Å². The van der Waals surface area contributed by atoms with Gasteiger partial charge < -0.3 is 10.1 Å². The maximum absolute atomic E-state index is 12.0. The van der Waals surface area contributed by atoms with Crippen molar-refractivity contribution in [1.29, 1.82) is 5.26 Å². The standard InChI is InChI=1S/C25H26N4O2/c1-18(2)13-14-31-23-11-9-19(10-12-23)24-21(15-20(16-26)25(30)27-3)17-29(28-24)22-7-5-4-6-8-22/h4-12,15,17-18H,13-14H2,1-3H3,(H,27,30). The molecule has 0 bridgehead atoms. The highest BCUT2D eigenvalue weighted by Gasteiger charge is 2.14. The van der Waals surface area contributed by atoms with E-state index in [-0.39, 0.29) is 5.57 Å². The van der Waals surface area contributed by atoms with Crippen molar-refractivity contribution < 1.29 is 9.53 Å². The quantitative estimate of drug-likeness (QED) is 0.431. The van der Waals surface area contributed by atoms with Crippen LogP contribution in [0.2, 0.25) is 0 Å². The first kappa shape index (κ1) is 21.8. The van der Waals surface area contributed by atoms with E-state index in [2.05, 4.69) is 19.2 Å². The van der Waals surface area contributed by atoms with Gasteiger partial charge in [0.25, 0.3) is 5.91 Å². The fourth-order valence-electron chi connectivity index (χ4n) is 2.99. The molecule has 6 heteroatoms. The summed E-state index contributed by atoms with van der Waals surface area (Å²) in [5.41, 5.74) is 3.12. The number of carbonyl (C=O) groups is 1. The fraction of sp³-hybridized carbons (Fsp3) is 0.240. The molecule has 3 aromatic rings. The van der Waals surface area contributed by atoms with Crippen LogP contribution in [-0.2, 0) is 4.79 Å². The lowest BCUT2D eigenvalue weighted by Gasteiger charge is -2.08. The number of benzene rings is 2. The normalized spacial score (nSPS) is 11.3. The first-order valence-corrected chi connectivity index (χ1v) is 10.2. The number of amides is 1. The van der Waals surface area contributed by atoms with Crippen LogP contribution in [-0.4, -0.2) is 29.3 Å².